The monoisotopic (exact) mass is 720 g/mol. The van der Waals surface area contributed by atoms with Crippen LogP contribution in [0, 0.1) is 0 Å². The predicted octanol–water partition coefficient (Wildman–Crippen LogP) is 4.63. The zero-order chi connectivity index (χ0) is 34.8. The van der Waals surface area contributed by atoms with Crippen LogP contribution in [-0.2, 0) is 40.5 Å². The van der Waals surface area contributed by atoms with Crippen LogP contribution in [0.15, 0.2) is 47.5 Å². The summed E-state index contributed by atoms with van der Waals surface area (Å²) in [4.78, 5) is 21.2. The highest BCUT2D eigenvalue weighted by Gasteiger charge is 2.36. The van der Waals surface area contributed by atoms with Gasteiger partial charge in [0.05, 0.1) is 35.9 Å². The van der Waals surface area contributed by atoms with Gasteiger partial charge in [0.25, 0.3) is 0 Å². The van der Waals surface area contributed by atoms with Crippen molar-refractivity contribution < 1.29 is 31.5 Å². The number of aliphatic hydroxyl groups excluding tert-OH is 1. The number of benzene rings is 1. The normalized spacial score (nSPS) is 19.2. The summed E-state index contributed by atoms with van der Waals surface area (Å²) >= 11 is 0.861. The van der Waals surface area contributed by atoms with E-state index in [4.69, 9.17) is 5.10 Å². The number of sulfonamides is 1. The summed E-state index contributed by atoms with van der Waals surface area (Å²) in [6, 6.07) is 9.72. The van der Waals surface area contributed by atoms with Crippen LogP contribution in [0.4, 0.5) is 13.2 Å². The van der Waals surface area contributed by atoms with Gasteiger partial charge < -0.3 is 14.9 Å². The molecular weight excluding hydrogens is 678 g/mol. The Kier molecular flexibility index (Phi) is 11.0. The number of likely N-dealkylation sites (tertiary alicyclic amines) is 2. The largest absolute Gasteiger partial charge is 0.417 e. The number of hydrogen-bond acceptors (Lipinski definition) is 8. The van der Waals surface area contributed by atoms with Crippen LogP contribution in [0.25, 0.3) is 11.3 Å². The van der Waals surface area contributed by atoms with Crippen LogP contribution in [0.2, 0.25) is 0 Å². The molecular formula is C34H43F3N6O4S2. The number of nitrogens with zero attached hydrogens (tertiary/aromatic N) is 6. The maximum Gasteiger partial charge on any atom is 0.417 e. The van der Waals surface area contributed by atoms with Gasteiger partial charge in [-0.25, -0.2) is 8.42 Å². The Morgan fingerprint density at radius 1 is 1.04 bits per heavy atom. The fourth-order valence-corrected chi connectivity index (χ4v) is 8.91. The van der Waals surface area contributed by atoms with Crippen LogP contribution in [0.1, 0.15) is 60.5 Å². The molecule has 1 amide bonds. The Labute approximate surface area is 289 Å². The van der Waals surface area contributed by atoms with Gasteiger partial charge in [0.2, 0.25) is 15.9 Å². The lowest BCUT2D eigenvalue weighted by atomic mass is 9.93. The molecule has 0 spiro atoms. The van der Waals surface area contributed by atoms with E-state index in [0.717, 1.165) is 80.7 Å². The number of hydrogen-bond donors (Lipinski definition) is 1. The molecule has 1 N–H and O–H groups in total. The second kappa shape index (κ2) is 15.1. The van der Waals surface area contributed by atoms with Crippen molar-refractivity contribution in [3.8, 4) is 11.3 Å². The number of alkyl halides is 3. The third-order valence-electron chi connectivity index (χ3n) is 9.73. The highest BCUT2D eigenvalue weighted by atomic mass is 32.2. The third-order valence-corrected chi connectivity index (χ3v) is 12.0. The number of halogens is 3. The van der Waals surface area contributed by atoms with Gasteiger partial charge in [-0.2, -0.15) is 22.6 Å². The molecule has 1 atom stereocenters. The van der Waals surface area contributed by atoms with E-state index in [9.17, 15) is 31.5 Å². The van der Waals surface area contributed by atoms with Gasteiger partial charge >= 0.3 is 6.18 Å². The Bertz CT molecular complexity index is 1720. The van der Waals surface area contributed by atoms with Crippen LogP contribution >= 0.6 is 11.8 Å². The standard InChI is InChI=1S/C34H43F3N6O4S2/c1-49(46,47)42-18-12-30-27(22-42)33(39-43(30)21-26(44)20-40-16-10-24(11-17-40)29-7-3-4-13-38-29)25-8-9-28(34(35,36)37)31(19-25)48-23-32(45)41-14-5-2-6-15-41/h3-4,7-9,13,19,24,26,44H,2,5-6,10-12,14-18,20-23H2,1H3. The minimum Gasteiger partial charge on any atom is -0.390 e. The molecule has 0 saturated carbocycles. The minimum absolute atomic E-state index is 0.0254. The summed E-state index contributed by atoms with van der Waals surface area (Å²) in [5.41, 5.74) is 2.40. The molecule has 0 aliphatic carbocycles. The Hall–Kier alpha value is -2.98. The van der Waals surface area contributed by atoms with Crippen LogP contribution < -0.4 is 0 Å². The number of rotatable bonds is 10. The summed E-state index contributed by atoms with van der Waals surface area (Å²) < 4.78 is 70.5. The lowest BCUT2D eigenvalue weighted by Gasteiger charge is -2.33. The highest BCUT2D eigenvalue weighted by Crippen LogP contribution is 2.40. The molecule has 0 radical (unpaired) electrons. The SMILES string of the molecule is CS(=O)(=O)N1CCc2c(c(-c3ccc(C(F)(F)F)c(SCC(=O)N4CCCCC4)c3)nn2CC(O)CN2CCC(c3ccccn3)CC2)C1. The van der Waals surface area contributed by atoms with Crippen molar-refractivity contribution in [3.05, 3.63) is 65.1 Å². The van der Waals surface area contributed by atoms with E-state index in [0.29, 0.717) is 48.8 Å². The first-order valence-electron chi connectivity index (χ1n) is 16.8. The van der Waals surface area contributed by atoms with E-state index in [2.05, 4.69) is 9.88 Å². The Balaban J connectivity index is 1.23. The molecule has 3 aliphatic heterocycles. The van der Waals surface area contributed by atoms with E-state index in [-0.39, 0.29) is 36.2 Å². The molecule has 5 heterocycles. The lowest BCUT2D eigenvalue weighted by molar-refractivity contribution is -0.139. The molecule has 6 rings (SSSR count). The summed E-state index contributed by atoms with van der Waals surface area (Å²) in [5.74, 6) is 0.0676. The van der Waals surface area contributed by atoms with Gasteiger partial charge in [-0.05, 0) is 69.5 Å². The van der Waals surface area contributed by atoms with E-state index >= 15 is 0 Å². The van der Waals surface area contributed by atoms with E-state index in [1.54, 1.807) is 15.8 Å². The van der Waals surface area contributed by atoms with E-state index < -0.39 is 27.9 Å². The third kappa shape index (κ3) is 8.67. The molecule has 3 aromatic rings. The van der Waals surface area contributed by atoms with Crippen LogP contribution in [-0.4, -0.2) is 106 Å². The molecule has 266 valence electrons. The van der Waals surface area contributed by atoms with Gasteiger partial charge in [0, 0.05) is 78.7 Å². The van der Waals surface area contributed by atoms with Crippen molar-refractivity contribution in [2.75, 3.05) is 51.3 Å². The molecule has 49 heavy (non-hydrogen) atoms. The minimum atomic E-state index is -4.63. The summed E-state index contributed by atoms with van der Waals surface area (Å²) in [7, 11) is -3.55. The number of amides is 1. The second-order valence-corrected chi connectivity index (χ2v) is 16.2. The fraction of sp³-hybridized carbons (Fsp3) is 0.559. The van der Waals surface area contributed by atoms with Crippen LogP contribution in [0.5, 0.6) is 0 Å². The molecule has 3 aliphatic rings. The number of carbonyl (C=O) groups excluding carboxylic acids is 1. The molecule has 0 bridgehead atoms. The average molecular weight is 721 g/mol. The fourth-order valence-electron chi connectivity index (χ4n) is 7.11. The Morgan fingerprint density at radius 3 is 2.47 bits per heavy atom. The zero-order valence-corrected chi connectivity index (χ0v) is 29.2. The molecule has 2 aromatic heterocycles. The van der Waals surface area contributed by atoms with Crippen molar-refractivity contribution in [1.29, 1.82) is 0 Å². The number of aromatic nitrogens is 3. The van der Waals surface area contributed by atoms with Gasteiger partial charge in [0.15, 0.2) is 0 Å². The van der Waals surface area contributed by atoms with Crippen molar-refractivity contribution in [2.24, 2.45) is 0 Å². The quantitative estimate of drug-likeness (QED) is 0.302. The number of aliphatic hydroxyl groups is 1. The molecule has 1 aromatic carbocycles. The zero-order valence-electron chi connectivity index (χ0n) is 27.6. The van der Waals surface area contributed by atoms with Crippen molar-refractivity contribution in [2.45, 2.75) is 74.7 Å². The summed E-state index contributed by atoms with van der Waals surface area (Å²) in [6.07, 6.45) is 2.57. The van der Waals surface area contributed by atoms with Crippen molar-refractivity contribution in [1.82, 2.24) is 28.9 Å². The molecule has 10 nitrogen and oxygen atoms in total. The smallest absolute Gasteiger partial charge is 0.390 e. The van der Waals surface area contributed by atoms with Gasteiger partial charge in [-0.15, -0.1) is 11.8 Å². The molecule has 15 heteroatoms. The van der Waals surface area contributed by atoms with Gasteiger partial charge in [-0.1, -0.05) is 12.1 Å². The number of carbonyl (C=O) groups is 1. The summed E-state index contributed by atoms with van der Waals surface area (Å²) in [5, 5.41) is 16.0. The predicted molar refractivity (Wildman–Crippen MR) is 181 cm³/mol. The summed E-state index contributed by atoms with van der Waals surface area (Å²) in [6.45, 7) is 3.71. The van der Waals surface area contributed by atoms with Crippen molar-refractivity contribution >= 4 is 27.7 Å². The Morgan fingerprint density at radius 2 is 1.80 bits per heavy atom. The first-order valence-corrected chi connectivity index (χ1v) is 19.7. The number of β-amino-alcohol motifs (C(OH)–C–C–N with tert-alkyl or cyclic N) is 1. The van der Waals surface area contributed by atoms with E-state index in [1.807, 2.05) is 18.2 Å². The number of thioether (sulfide) groups is 1. The first kappa shape index (κ1) is 35.8. The highest BCUT2D eigenvalue weighted by molar-refractivity contribution is 8.00. The second-order valence-electron chi connectivity index (χ2n) is 13.2. The van der Waals surface area contributed by atoms with Gasteiger partial charge in [0.1, 0.15) is 0 Å². The average Bonchev–Trinajstić information content (AvgIpc) is 3.44. The maximum absolute atomic E-state index is 14.1. The lowest BCUT2D eigenvalue weighted by Crippen LogP contribution is -2.40. The number of fused-ring (bicyclic) bond motifs is 1. The van der Waals surface area contributed by atoms with Gasteiger partial charge in [-0.3, -0.25) is 14.5 Å². The topological polar surface area (TPSA) is 112 Å². The van der Waals surface area contributed by atoms with Crippen molar-refractivity contribution in [3.63, 3.8) is 0 Å². The number of piperidine rings is 2. The van der Waals surface area contributed by atoms with Crippen LogP contribution in [0.3, 0.4) is 0 Å². The number of pyridine rings is 1. The molecule has 2 saturated heterocycles. The first-order chi connectivity index (χ1) is 23.4. The molecule has 1 unspecified atom stereocenters. The van der Waals surface area contributed by atoms with E-state index in [1.165, 1.54) is 16.4 Å². The molecule has 2 fully saturated rings. The maximum atomic E-state index is 14.1.